The fourth-order valence-electron chi connectivity index (χ4n) is 1.33. The molecule has 2 aromatic carbocycles. The van der Waals surface area contributed by atoms with Gasteiger partial charge in [-0.2, -0.15) is 0 Å². The Morgan fingerprint density at radius 1 is 0.632 bits per heavy atom. The summed E-state index contributed by atoms with van der Waals surface area (Å²) in [5, 5.41) is 7.57. The first-order chi connectivity index (χ1) is 9.02. The van der Waals surface area contributed by atoms with Crippen LogP contribution >= 0.6 is 0 Å². The molecule has 0 amide bonds. The van der Waals surface area contributed by atoms with Crippen LogP contribution in [0.4, 0.5) is 0 Å². The number of aliphatic hydroxyl groups is 1. The van der Waals surface area contributed by atoms with Crippen molar-refractivity contribution < 1.29 is 5.11 Å². The third-order valence-corrected chi connectivity index (χ3v) is 2.85. The largest absolute Gasteiger partial charge is 0.397 e. The third-order valence-electron chi connectivity index (χ3n) is 2.85. The molecule has 2 rings (SSSR count). The van der Waals surface area contributed by atoms with Gasteiger partial charge in [0.1, 0.15) is 0 Å². The molecule has 2 aromatic rings. The molecule has 0 fully saturated rings. The van der Waals surface area contributed by atoms with Crippen molar-refractivity contribution in [1.82, 2.24) is 0 Å². The lowest BCUT2D eigenvalue weighted by Crippen LogP contribution is -1.74. The van der Waals surface area contributed by atoms with Crippen LogP contribution in [-0.2, 0) is 0 Å². The second-order valence-corrected chi connectivity index (χ2v) is 4.48. The first-order valence-electron chi connectivity index (χ1n) is 6.68. The maximum Gasteiger partial charge on any atom is 0.0402 e. The van der Waals surface area contributed by atoms with Crippen LogP contribution in [0, 0.1) is 27.7 Å². The third kappa shape index (κ3) is 8.17. The van der Waals surface area contributed by atoms with E-state index in [2.05, 4.69) is 76.2 Å². The van der Waals surface area contributed by atoms with Crippen molar-refractivity contribution in [3.05, 3.63) is 70.8 Å². The normalized spacial score (nSPS) is 8.74. The summed E-state index contributed by atoms with van der Waals surface area (Å²) in [5.74, 6) is 0. The summed E-state index contributed by atoms with van der Waals surface area (Å²) < 4.78 is 0. The van der Waals surface area contributed by atoms with Gasteiger partial charge in [-0.15, -0.1) is 0 Å². The minimum Gasteiger partial charge on any atom is -0.397 e. The molecule has 0 spiro atoms. The van der Waals surface area contributed by atoms with Crippen molar-refractivity contribution in [3.8, 4) is 0 Å². The minimum absolute atomic E-state index is 0.250. The highest BCUT2D eigenvalue weighted by Gasteiger charge is 1.84. The lowest BCUT2D eigenvalue weighted by molar-refractivity contribution is 0.318. The monoisotopic (exact) mass is 258 g/mol. The zero-order valence-corrected chi connectivity index (χ0v) is 12.8. The smallest absolute Gasteiger partial charge is 0.0402 e. The standard InChI is InChI=1S/2C8H10.C2H6O/c2*1-7-5-3-4-6-8(7)2;1-2-3/h2*3-6H,1-2H3;3H,2H2,1H3. The summed E-state index contributed by atoms with van der Waals surface area (Å²) in [5.41, 5.74) is 5.47. The van der Waals surface area contributed by atoms with Crippen molar-refractivity contribution >= 4 is 0 Å². The van der Waals surface area contributed by atoms with Crippen LogP contribution in [0.15, 0.2) is 48.5 Å². The van der Waals surface area contributed by atoms with E-state index in [0.717, 1.165) is 0 Å². The summed E-state index contributed by atoms with van der Waals surface area (Å²) in [6, 6.07) is 16.7. The van der Waals surface area contributed by atoms with Gasteiger partial charge in [-0.05, 0) is 56.9 Å². The molecule has 0 aromatic heterocycles. The maximum absolute atomic E-state index is 7.57. The topological polar surface area (TPSA) is 20.2 Å². The van der Waals surface area contributed by atoms with Crippen molar-refractivity contribution in [1.29, 1.82) is 0 Å². The molecule has 19 heavy (non-hydrogen) atoms. The highest BCUT2D eigenvalue weighted by atomic mass is 16.2. The van der Waals surface area contributed by atoms with Gasteiger partial charge in [0.25, 0.3) is 0 Å². The lowest BCUT2D eigenvalue weighted by atomic mass is 10.1. The molecule has 104 valence electrons. The average Bonchev–Trinajstić information content (AvgIpc) is 2.38. The van der Waals surface area contributed by atoms with Gasteiger partial charge < -0.3 is 5.11 Å². The highest BCUT2D eigenvalue weighted by Crippen LogP contribution is 2.03. The quantitative estimate of drug-likeness (QED) is 0.732. The molecule has 1 N–H and O–H groups in total. The summed E-state index contributed by atoms with van der Waals surface area (Å²) >= 11 is 0. The molecule has 0 aliphatic carbocycles. The summed E-state index contributed by atoms with van der Waals surface area (Å²) in [6.45, 7) is 10.4. The van der Waals surface area contributed by atoms with E-state index in [0.29, 0.717) is 0 Å². The van der Waals surface area contributed by atoms with Crippen molar-refractivity contribution in [3.63, 3.8) is 0 Å². The van der Waals surface area contributed by atoms with E-state index in [1.165, 1.54) is 22.3 Å². The van der Waals surface area contributed by atoms with E-state index >= 15 is 0 Å². The molecular weight excluding hydrogens is 232 g/mol. The molecule has 0 radical (unpaired) electrons. The SMILES string of the molecule is CCO.Cc1ccccc1C.Cc1ccccc1C. The zero-order valence-electron chi connectivity index (χ0n) is 12.8. The Balaban J connectivity index is 0.000000284. The maximum atomic E-state index is 7.57. The predicted molar refractivity (Wildman–Crippen MR) is 84.6 cm³/mol. The van der Waals surface area contributed by atoms with Crippen LogP contribution in [0.25, 0.3) is 0 Å². The molecule has 0 saturated carbocycles. The van der Waals surface area contributed by atoms with Crippen LogP contribution in [0.1, 0.15) is 29.2 Å². The van der Waals surface area contributed by atoms with Crippen LogP contribution in [0.2, 0.25) is 0 Å². The number of hydrogen-bond donors (Lipinski definition) is 1. The summed E-state index contributed by atoms with van der Waals surface area (Å²) in [7, 11) is 0. The lowest BCUT2D eigenvalue weighted by Gasteiger charge is -1.93. The van der Waals surface area contributed by atoms with Crippen molar-refractivity contribution in [2.24, 2.45) is 0 Å². The van der Waals surface area contributed by atoms with E-state index < -0.39 is 0 Å². The van der Waals surface area contributed by atoms with E-state index in [-0.39, 0.29) is 6.61 Å². The highest BCUT2D eigenvalue weighted by molar-refractivity contribution is 5.23. The Kier molecular flexibility index (Phi) is 9.46. The van der Waals surface area contributed by atoms with Gasteiger partial charge in [0.05, 0.1) is 0 Å². The van der Waals surface area contributed by atoms with Gasteiger partial charge in [0, 0.05) is 6.61 Å². The molecule has 0 unspecified atom stereocenters. The average molecular weight is 258 g/mol. The molecule has 0 aliphatic rings. The van der Waals surface area contributed by atoms with E-state index in [4.69, 9.17) is 5.11 Å². The Morgan fingerprint density at radius 3 is 0.895 bits per heavy atom. The van der Waals surface area contributed by atoms with Gasteiger partial charge in [-0.1, -0.05) is 48.5 Å². The fraction of sp³-hybridized carbons (Fsp3) is 0.333. The van der Waals surface area contributed by atoms with Gasteiger partial charge in [0.2, 0.25) is 0 Å². The molecular formula is C18H26O. The molecule has 0 heterocycles. The molecule has 0 bridgehead atoms. The predicted octanol–water partition coefficient (Wildman–Crippen LogP) is 4.61. The number of rotatable bonds is 0. The van der Waals surface area contributed by atoms with Crippen LogP contribution < -0.4 is 0 Å². The van der Waals surface area contributed by atoms with Crippen molar-refractivity contribution in [2.45, 2.75) is 34.6 Å². The Hall–Kier alpha value is -1.60. The van der Waals surface area contributed by atoms with Gasteiger partial charge in [0.15, 0.2) is 0 Å². The second kappa shape index (κ2) is 10.3. The van der Waals surface area contributed by atoms with Gasteiger partial charge in [-0.3, -0.25) is 0 Å². The Morgan fingerprint density at radius 2 is 0.789 bits per heavy atom. The molecule has 1 nitrogen and oxygen atoms in total. The Labute approximate surface area is 117 Å². The number of aryl methyl sites for hydroxylation is 4. The number of aliphatic hydroxyl groups excluding tert-OH is 1. The minimum atomic E-state index is 0.250. The Bertz CT molecular complexity index is 375. The molecule has 1 heteroatoms. The van der Waals surface area contributed by atoms with Crippen LogP contribution in [0.3, 0.4) is 0 Å². The molecule has 0 saturated heterocycles. The summed E-state index contributed by atoms with van der Waals surface area (Å²) in [4.78, 5) is 0. The molecule has 0 aliphatic heterocycles. The first kappa shape index (κ1) is 17.4. The van der Waals surface area contributed by atoms with Gasteiger partial charge >= 0.3 is 0 Å². The first-order valence-corrected chi connectivity index (χ1v) is 6.68. The second-order valence-electron chi connectivity index (χ2n) is 4.48. The van der Waals surface area contributed by atoms with Gasteiger partial charge in [-0.25, -0.2) is 0 Å². The van der Waals surface area contributed by atoms with Crippen LogP contribution in [-0.4, -0.2) is 11.7 Å². The van der Waals surface area contributed by atoms with E-state index in [9.17, 15) is 0 Å². The fourth-order valence-corrected chi connectivity index (χ4v) is 1.33. The zero-order chi connectivity index (χ0) is 14.7. The number of hydrogen-bond acceptors (Lipinski definition) is 1. The van der Waals surface area contributed by atoms with E-state index in [1.54, 1.807) is 6.92 Å². The number of benzene rings is 2. The summed E-state index contributed by atoms with van der Waals surface area (Å²) in [6.07, 6.45) is 0. The molecule has 0 atom stereocenters. The van der Waals surface area contributed by atoms with E-state index in [1.807, 2.05) is 0 Å². The van der Waals surface area contributed by atoms with Crippen molar-refractivity contribution in [2.75, 3.05) is 6.61 Å². The van der Waals surface area contributed by atoms with Crippen LogP contribution in [0.5, 0.6) is 0 Å².